The number of likely N-dealkylation sites (tertiary alicyclic amines) is 1. The smallest absolute Gasteiger partial charge is 0.141 e. The van der Waals surface area contributed by atoms with Gasteiger partial charge in [-0.3, -0.25) is 0 Å². The Labute approximate surface area is 122 Å². The molecule has 110 valence electrons. The molecular weight excluding hydrogens is 248 g/mol. The van der Waals surface area contributed by atoms with Crippen LogP contribution in [-0.2, 0) is 6.42 Å². The summed E-state index contributed by atoms with van der Waals surface area (Å²) in [7, 11) is 0. The highest BCUT2D eigenvalue weighted by Gasteiger charge is 2.08. The molecule has 1 aromatic rings. The van der Waals surface area contributed by atoms with Gasteiger partial charge in [0.15, 0.2) is 0 Å². The van der Waals surface area contributed by atoms with Crippen LogP contribution in [0.2, 0.25) is 0 Å². The molecule has 3 nitrogen and oxygen atoms in total. The number of aromatic hydroxyl groups is 1. The fraction of sp³-hybridized carbons (Fsp3) is 0.588. The van der Waals surface area contributed by atoms with Crippen molar-refractivity contribution in [2.45, 2.75) is 44.9 Å². The number of nitrogens with zero attached hydrogens (tertiary/aromatic N) is 2. The summed E-state index contributed by atoms with van der Waals surface area (Å²) in [5.74, 6) is 0.216. The van der Waals surface area contributed by atoms with Gasteiger partial charge in [0.1, 0.15) is 11.4 Å². The molecule has 2 heterocycles. The lowest BCUT2D eigenvalue weighted by Gasteiger charge is -2.19. The molecule has 1 aliphatic heterocycles. The van der Waals surface area contributed by atoms with E-state index >= 15 is 0 Å². The Bertz CT molecular complexity index is 423. The van der Waals surface area contributed by atoms with E-state index in [4.69, 9.17) is 0 Å². The summed E-state index contributed by atoms with van der Waals surface area (Å²) in [6.07, 6.45) is 10.5. The molecule has 0 spiro atoms. The van der Waals surface area contributed by atoms with Gasteiger partial charge >= 0.3 is 0 Å². The third kappa shape index (κ3) is 4.64. The molecule has 1 aromatic heterocycles. The number of aryl methyl sites for hydroxylation is 1. The number of hydrogen-bond acceptors (Lipinski definition) is 3. The molecule has 2 rings (SSSR count). The van der Waals surface area contributed by atoms with Gasteiger partial charge in [0.2, 0.25) is 0 Å². The van der Waals surface area contributed by atoms with Crippen LogP contribution in [0.15, 0.2) is 18.7 Å². The van der Waals surface area contributed by atoms with Gasteiger partial charge < -0.3 is 10.0 Å². The number of hydrogen-bond donors (Lipinski definition) is 1. The third-order valence-electron chi connectivity index (χ3n) is 4.01. The maximum Gasteiger partial charge on any atom is 0.141 e. The van der Waals surface area contributed by atoms with Crippen LogP contribution in [-0.4, -0.2) is 34.6 Å². The Morgan fingerprint density at radius 1 is 1.15 bits per heavy atom. The highest BCUT2D eigenvalue weighted by atomic mass is 16.3. The minimum Gasteiger partial charge on any atom is -0.506 e. The molecule has 1 saturated heterocycles. The summed E-state index contributed by atoms with van der Waals surface area (Å²) in [4.78, 5) is 7.01. The molecule has 0 radical (unpaired) electrons. The molecule has 1 fully saturated rings. The molecule has 3 heteroatoms. The second kappa shape index (κ2) is 8.05. The van der Waals surface area contributed by atoms with Crippen LogP contribution in [0.5, 0.6) is 5.75 Å². The first-order valence-electron chi connectivity index (χ1n) is 7.83. The largest absolute Gasteiger partial charge is 0.506 e. The summed E-state index contributed by atoms with van der Waals surface area (Å²) in [6, 6.07) is 3.63. The molecule has 1 N–H and O–H groups in total. The van der Waals surface area contributed by atoms with Crippen LogP contribution in [0.1, 0.15) is 49.9 Å². The molecule has 0 saturated carbocycles. The van der Waals surface area contributed by atoms with E-state index < -0.39 is 0 Å². The van der Waals surface area contributed by atoms with Crippen molar-refractivity contribution >= 4 is 6.08 Å². The quantitative estimate of drug-likeness (QED) is 0.805. The summed E-state index contributed by atoms with van der Waals surface area (Å²) in [6.45, 7) is 7.44. The van der Waals surface area contributed by atoms with Crippen LogP contribution in [0, 0.1) is 0 Å². The normalized spacial score (nSPS) is 16.8. The first-order chi connectivity index (χ1) is 9.79. The highest BCUT2D eigenvalue weighted by Crippen LogP contribution is 2.17. The van der Waals surface area contributed by atoms with Gasteiger partial charge in [0, 0.05) is 5.69 Å². The third-order valence-corrected chi connectivity index (χ3v) is 4.01. The fourth-order valence-electron chi connectivity index (χ4n) is 2.80. The average molecular weight is 274 g/mol. The highest BCUT2D eigenvalue weighted by molar-refractivity contribution is 5.50. The molecule has 0 aliphatic carbocycles. The lowest BCUT2D eigenvalue weighted by Crippen LogP contribution is -2.25. The maximum atomic E-state index is 9.56. The maximum absolute atomic E-state index is 9.56. The van der Waals surface area contributed by atoms with Gasteiger partial charge in [-0.2, -0.15) is 0 Å². The van der Waals surface area contributed by atoms with E-state index in [0.29, 0.717) is 5.69 Å². The van der Waals surface area contributed by atoms with Crippen LogP contribution >= 0.6 is 0 Å². The summed E-state index contributed by atoms with van der Waals surface area (Å²) in [5, 5.41) is 9.56. The van der Waals surface area contributed by atoms with E-state index in [-0.39, 0.29) is 5.75 Å². The van der Waals surface area contributed by atoms with Crippen molar-refractivity contribution < 1.29 is 5.11 Å². The minimum atomic E-state index is 0.216. The van der Waals surface area contributed by atoms with E-state index in [9.17, 15) is 5.11 Å². The number of unbranched alkanes of at least 4 members (excludes halogenated alkanes) is 1. The van der Waals surface area contributed by atoms with Crippen LogP contribution < -0.4 is 0 Å². The first-order valence-corrected chi connectivity index (χ1v) is 7.83. The van der Waals surface area contributed by atoms with Crippen molar-refractivity contribution in [3.05, 3.63) is 30.1 Å². The van der Waals surface area contributed by atoms with Gasteiger partial charge in [-0.15, -0.1) is 0 Å². The average Bonchev–Trinajstić information content (AvgIpc) is 2.74. The Balaban J connectivity index is 1.71. The second-order valence-electron chi connectivity index (χ2n) is 5.62. The minimum absolute atomic E-state index is 0.216. The molecular formula is C17H26N2O. The zero-order chi connectivity index (χ0) is 14.2. The zero-order valence-electron chi connectivity index (χ0n) is 12.4. The van der Waals surface area contributed by atoms with Crippen molar-refractivity contribution in [2.24, 2.45) is 0 Å². The van der Waals surface area contributed by atoms with E-state index in [1.165, 1.54) is 51.7 Å². The second-order valence-corrected chi connectivity index (χ2v) is 5.62. The summed E-state index contributed by atoms with van der Waals surface area (Å²) in [5.41, 5.74) is 1.64. The van der Waals surface area contributed by atoms with Crippen molar-refractivity contribution in [1.82, 2.24) is 9.88 Å². The van der Waals surface area contributed by atoms with Crippen LogP contribution in [0.25, 0.3) is 6.08 Å². The Kier molecular flexibility index (Phi) is 6.06. The number of pyridine rings is 1. The summed E-state index contributed by atoms with van der Waals surface area (Å²) >= 11 is 0. The fourth-order valence-corrected chi connectivity index (χ4v) is 2.80. The predicted molar refractivity (Wildman–Crippen MR) is 83.8 cm³/mol. The molecule has 0 atom stereocenters. The van der Waals surface area contributed by atoms with Crippen LogP contribution in [0.4, 0.5) is 0 Å². The SMILES string of the molecule is C=Cc1nc(CCCCN2CCCCCC2)ccc1O. The first kappa shape index (κ1) is 15.0. The van der Waals surface area contributed by atoms with Gasteiger partial charge in [-0.25, -0.2) is 4.98 Å². The molecule has 0 unspecified atom stereocenters. The van der Waals surface area contributed by atoms with Gasteiger partial charge in [-0.1, -0.05) is 19.4 Å². The van der Waals surface area contributed by atoms with Crippen molar-refractivity contribution in [3.8, 4) is 5.75 Å². The van der Waals surface area contributed by atoms with Crippen molar-refractivity contribution in [1.29, 1.82) is 0 Å². The molecule has 1 aliphatic rings. The molecule has 0 amide bonds. The van der Waals surface area contributed by atoms with E-state index in [1.54, 1.807) is 12.1 Å². The van der Waals surface area contributed by atoms with Gasteiger partial charge in [0.05, 0.1) is 0 Å². The summed E-state index contributed by atoms with van der Waals surface area (Å²) < 4.78 is 0. The van der Waals surface area contributed by atoms with E-state index in [2.05, 4.69) is 16.5 Å². The van der Waals surface area contributed by atoms with Gasteiger partial charge in [-0.05, 0) is 69.9 Å². The lowest BCUT2D eigenvalue weighted by atomic mass is 10.1. The monoisotopic (exact) mass is 274 g/mol. The Morgan fingerprint density at radius 3 is 2.60 bits per heavy atom. The Hall–Kier alpha value is -1.35. The van der Waals surface area contributed by atoms with Crippen LogP contribution in [0.3, 0.4) is 0 Å². The van der Waals surface area contributed by atoms with Crippen molar-refractivity contribution in [3.63, 3.8) is 0 Å². The van der Waals surface area contributed by atoms with E-state index in [1.807, 2.05) is 6.07 Å². The molecule has 0 aromatic carbocycles. The molecule has 20 heavy (non-hydrogen) atoms. The zero-order valence-corrected chi connectivity index (χ0v) is 12.4. The molecule has 0 bridgehead atoms. The number of rotatable bonds is 6. The standard InChI is InChI=1S/C17H26N2O/c1-2-16-17(20)11-10-15(18-16)9-5-8-14-19-12-6-3-4-7-13-19/h2,10-11,20H,1,3-9,12-14H2. The lowest BCUT2D eigenvalue weighted by molar-refractivity contribution is 0.279. The topological polar surface area (TPSA) is 36.4 Å². The van der Waals surface area contributed by atoms with Crippen molar-refractivity contribution in [2.75, 3.05) is 19.6 Å². The van der Waals surface area contributed by atoms with Gasteiger partial charge in [0.25, 0.3) is 0 Å². The van der Waals surface area contributed by atoms with E-state index in [0.717, 1.165) is 18.5 Å². The Morgan fingerprint density at radius 2 is 1.90 bits per heavy atom. The number of aromatic nitrogens is 1. The predicted octanol–water partition coefficient (Wildman–Crippen LogP) is 3.63.